The second-order valence-electron chi connectivity index (χ2n) is 6.60. The van der Waals surface area contributed by atoms with E-state index >= 15 is 0 Å². The minimum Gasteiger partial charge on any atom is -0.379 e. The van der Waals surface area contributed by atoms with Crippen LogP contribution in [0.1, 0.15) is 19.4 Å². The van der Waals surface area contributed by atoms with E-state index in [4.69, 9.17) is 9.47 Å². The molecule has 0 fully saturated rings. The smallest absolute Gasteiger partial charge is 0.329 e. The molecule has 1 aromatic heterocycles. The van der Waals surface area contributed by atoms with E-state index in [2.05, 4.69) is 5.32 Å². The summed E-state index contributed by atoms with van der Waals surface area (Å²) in [5.41, 5.74) is 3.04. The lowest BCUT2D eigenvalue weighted by atomic mass is 10.2. The molecule has 1 amide bonds. The summed E-state index contributed by atoms with van der Waals surface area (Å²) in [5, 5.41) is 2.87. The number of benzene rings is 2. The molecule has 0 spiro atoms. The number of carbonyl (C=O) groups excluding carboxylic acids is 1. The fraction of sp³-hybridized carbons (Fsp3) is 0.364. The van der Waals surface area contributed by atoms with Crippen molar-refractivity contribution in [3.05, 3.63) is 64.6 Å². The Hall–Kier alpha value is -2.90. The molecule has 1 N–H and O–H groups in total. The van der Waals surface area contributed by atoms with Crippen molar-refractivity contribution in [2.45, 2.75) is 33.5 Å². The van der Waals surface area contributed by atoms with Gasteiger partial charge < -0.3 is 14.8 Å². The fourth-order valence-electron chi connectivity index (χ4n) is 3.27. The van der Waals surface area contributed by atoms with Crippen LogP contribution in [0, 0.1) is 0 Å². The average molecular weight is 397 g/mol. The second kappa shape index (κ2) is 10.0. The molecule has 7 heteroatoms. The molecule has 7 nitrogen and oxygen atoms in total. The number of fused-ring (bicyclic) bond motifs is 1. The summed E-state index contributed by atoms with van der Waals surface area (Å²) in [4.78, 5) is 25.3. The highest BCUT2D eigenvalue weighted by atomic mass is 16.5. The van der Waals surface area contributed by atoms with Crippen molar-refractivity contribution in [3.8, 4) is 0 Å². The molecule has 29 heavy (non-hydrogen) atoms. The Morgan fingerprint density at radius 1 is 0.966 bits per heavy atom. The number of anilines is 1. The highest BCUT2D eigenvalue weighted by molar-refractivity contribution is 5.91. The van der Waals surface area contributed by atoms with Crippen LogP contribution in [0.4, 0.5) is 5.69 Å². The van der Waals surface area contributed by atoms with Gasteiger partial charge in [-0.1, -0.05) is 24.3 Å². The van der Waals surface area contributed by atoms with Gasteiger partial charge in [-0.05, 0) is 43.7 Å². The van der Waals surface area contributed by atoms with E-state index in [1.165, 1.54) is 4.57 Å². The summed E-state index contributed by atoms with van der Waals surface area (Å²) < 4.78 is 14.0. The topological polar surface area (TPSA) is 74.5 Å². The van der Waals surface area contributed by atoms with Gasteiger partial charge in [0.15, 0.2) is 0 Å². The van der Waals surface area contributed by atoms with Gasteiger partial charge in [-0.2, -0.15) is 0 Å². The Morgan fingerprint density at radius 3 is 2.41 bits per heavy atom. The van der Waals surface area contributed by atoms with Crippen molar-refractivity contribution >= 4 is 22.6 Å². The first-order valence-corrected chi connectivity index (χ1v) is 9.86. The minimum absolute atomic E-state index is 0.0402. The van der Waals surface area contributed by atoms with Crippen LogP contribution >= 0.6 is 0 Å². The number of nitrogens with one attached hydrogen (secondary N) is 1. The molecule has 0 saturated carbocycles. The van der Waals surface area contributed by atoms with Crippen LogP contribution in [-0.2, 0) is 34.0 Å². The van der Waals surface area contributed by atoms with Crippen molar-refractivity contribution in [2.24, 2.45) is 0 Å². The normalized spacial score (nSPS) is 11.1. The van der Waals surface area contributed by atoms with Gasteiger partial charge >= 0.3 is 5.69 Å². The molecule has 0 bridgehead atoms. The third kappa shape index (κ3) is 5.13. The number of nitrogens with zero attached hydrogens (tertiary/aromatic N) is 2. The number of imidazole rings is 1. The molecule has 3 rings (SSSR count). The van der Waals surface area contributed by atoms with E-state index in [9.17, 15) is 9.59 Å². The Bertz CT molecular complexity index is 1020. The lowest BCUT2D eigenvalue weighted by molar-refractivity contribution is -0.116. The summed E-state index contributed by atoms with van der Waals surface area (Å²) in [6.45, 7) is 6.58. The van der Waals surface area contributed by atoms with Gasteiger partial charge in [0.1, 0.15) is 6.54 Å². The zero-order chi connectivity index (χ0) is 20.6. The molecule has 0 aliphatic rings. The quantitative estimate of drug-likeness (QED) is 0.534. The molecule has 1 heterocycles. The monoisotopic (exact) mass is 397 g/mol. The van der Waals surface area contributed by atoms with Gasteiger partial charge in [0.05, 0.1) is 30.9 Å². The van der Waals surface area contributed by atoms with E-state index in [-0.39, 0.29) is 18.1 Å². The summed E-state index contributed by atoms with van der Waals surface area (Å²) in [6.07, 6.45) is 0. The first-order valence-electron chi connectivity index (χ1n) is 9.86. The molecule has 0 radical (unpaired) electrons. The molecule has 3 aromatic rings. The molecule has 0 saturated heterocycles. The van der Waals surface area contributed by atoms with Crippen LogP contribution in [0.25, 0.3) is 11.0 Å². The predicted molar refractivity (Wildman–Crippen MR) is 113 cm³/mol. The number of aromatic nitrogens is 2. The third-order valence-electron chi connectivity index (χ3n) is 4.60. The van der Waals surface area contributed by atoms with Crippen molar-refractivity contribution in [1.29, 1.82) is 0 Å². The molecular formula is C22H27N3O4. The van der Waals surface area contributed by atoms with E-state index in [1.54, 1.807) is 4.57 Å². The molecule has 154 valence electrons. The highest BCUT2D eigenvalue weighted by Crippen LogP contribution is 2.14. The summed E-state index contributed by atoms with van der Waals surface area (Å²) in [7, 11) is 0. The standard InChI is InChI=1S/C22H27N3O4/c1-3-24-19-10-5-6-11-20(19)25(22(24)27)15-21(26)23-18-9-7-8-17(14-18)16-29-13-12-28-4-2/h5-11,14H,3-4,12-13,15-16H2,1-2H3,(H,23,26). The average Bonchev–Trinajstić information content (AvgIpc) is 2.99. The number of rotatable bonds is 10. The zero-order valence-electron chi connectivity index (χ0n) is 16.9. The summed E-state index contributed by atoms with van der Waals surface area (Å²) >= 11 is 0. The second-order valence-corrected chi connectivity index (χ2v) is 6.60. The maximum Gasteiger partial charge on any atom is 0.329 e. The minimum atomic E-state index is -0.250. The summed E-state index contributed by atoms with van der Waals surface area (Å²) in [5.74, 6) is -0.250. The van der Waals surface area contributed by atoms with Crippen LogP contribution in [0.2, 0.25) is 0 Å². The Labute approximate surface area is 169 Å². The maximum atomic E-state index is 12.7. The Balaban J connectivity index is 1.66. The molecule has 0 aliphatic heterocycles. The zero-order valence-corrected chi connectivity index (χ0v) is 16.9. The van der Waals surface area contributed by atoms with E-state index in [0.29, 0.717) is 38.7 Å². The first-order chi connectivity index (χ1) is 14.1. The molecular weight excluding hydrogens is 370 g/mol. The molecule has 2 aromatic carbocycles. The van der Waals surface area contributed by atoms with E-state index < -0.39 is 0 Å². The number of carbonyl (C=O) groups is 1. The lowest BCUT2D eigenvalue weighted by Crippen LogP contribution is -2.29. The van der Waals surface area contributed by atoms with Crippen molar-refractivity contribution < 1.29 is 14.3 Å². The predicted octanol–water partition coefficient (Wildman–Crippen LogP) is 3.01. The Kier molecular flexibility index (Phi) is 7.21. The lowest BCUT2D eigenvalue weighted by Gasteiger charge is -2.09. The Morgan fingerprint density at radius 2 is 1.69 bits per heavy atom. The summed E-state index contributed by atoms with van der Waals surface area (Å²) in [6, 6.07) is 15.0. The van der Waals surface area contributed by atoms with E-state index in [0.717, 1.165) is 16.6 Å². The number of aryl methyl sites for hydroxylation is 1. The molecule has 0 aliphatic carbocycles. The largest absolute Gasteiger partial charge is 0.379 e. The van der Waals surface area contributed by atoms with Crippen LogP contribution in [0.3, 0.4) is 0 Å². The van der Waals surface area contributed by atoms with Crippen LogP contribution in [-0.4, -0.2) is 34.9 Å². The van der Waals surface area contributed by atoms with Crippen LogP contribution < -0.4 is 11.0 Å². The van der Waals surface area contributed by atoms with Crippen molar-refractivity contribution in [1.82, 2.24) is 9.13 Å². The van der Waals surface area contributed by atoms with Crippen LogP contribution in [0.5, 0.6) is 0 Å². The SMILES string of the molecule is CCOCCOCc1cccc(NC(=O)Cn2c(=O)n(CC)c3ccccc32)c1. The van der Waals surface area contributed by atoms with Gasteiger partial charge in [0.25, 0.3) is 0 Å². The van der Waals surface area contributed by atoms with Gasteiger partial charge in [-0.25, -0.2) is 4.79 Å². The number of hydrogen-bond acceptors (Lipinski definition) is 4. The van der Waals surface area contributed by atoms with Gasteiger partial charge in [0.2, 0.25) is 5.91 Å². The van der Waals surface area contributed by atoms with Crippen molar-refractivity contribution in [3.63, 3.8) is 0 Å². The van der Waals surface area contributed by atoms with Gasteiger partial charge in [-0.3, -0.25) is 13.9 Å². The van der Waals surface area contributed by atoms with Crippen molar-refractivity contribution in [2.75, 3.05) is 25.1 Å². The molecule has 0 atom stereocenters. The van der Waals surface area contributed by atoms with Crippen LogP contribution in [0.15, 0.2) is 53.3 Å². The highest BCUT2D eigenvalue weighted by Gasteiger charge is 2.14. The molecule has 0 unspecified atom stereocenters. The van der Waals surface area contributed by atoms with Gasteiger partial charge in [0, 0.05) is 18.8 Å². The number of ether oxygens (including phenoxy) is 2. The van der Waals surface area contributed by atoms with E-state index in [1.807, 2.05) is 62.4 Å². The van der Waals surface area contributed by atoms with Gasteiger partial charge in [-0.15, -0.1) is 0 Å². The fourth-order valence-corrected chi connectivity index (χ4v) is 3.27. The third-order valence-corrected chi connectivity index (χ3v) is 4.60. The number of para-hydroxylation sites is 2. The maximum absolute atomic E-state index is 12.7. The number of amides is 1. The first kappa shape index (κ1) is 20.8. The number of hydrogen-bond donors (Lipinski definition) is 1.